The SMILES string of the molecule is O=C(Nc1ccc(CN2C(=O)CCC2=O)cc1)N[C@@H]1CCCc2ccccc21. The van der Waals surface area contributed by atoms with Gasteiger partial charge in [-0.1, -0.05) is 36.4 Å². The van der Waals surface area contributed by atoms with Crippen LogP contribution < -0.4 is 10.6 Å². The highest BCUT2D eigenvalue weighted by atomic mass is 16.2. The maximum atomic E-state index is 12.4. The number of imide groups is 1. The summed E-state index contributed by atoms with van der Waals surface area (Å²) >= 11 is 0. The van der Waals surface area contributed by atoms with Gasteiger partial charge in [0.1, 0.15) is 0 Å². The highest BCUT2D eigenvalue weighted by Crippen LogP contribution is 2.29. The fraction of sp³-hybridized carbons (Fsp3) is 0.318. The summed E-state index contributed by atoms with van der Waals surface area (Å²) in [4.78, 5) is 37.1. The monoisotopic (exact) mass is 377 g/mol. The van der Waals surface area contributed by atoms with Crippen molar-refractivity contribution in [1.29, 1.82) is 0 Å². The molecule has 0 unspecified atom stereocenters. The van der Waals surface area contributed by atoms with E-state index in [4.69, 9.17) is 0 Å². The molecule has 0 spiro atoms. The smallest absolute Gasteiger partial charge is 0.319 e. The summed E-state index contributed by atoms with van der Waals surface area (Å²) in [6.07, 6.45) is 3.64. The maximum absolute atomic E-state index is 12.4. The lowest BCUT2D eigenvalue weighted by atomic mass is 9.88. The quantitative estimate of drug-likeness (QED) is 0.800. The molecule has 2 N–H and O–H groups in total. The van der Waals surface area contributed by atoms with Gasteiger partial charge in [0.15, 0.2) is 0 Å². The molecule has 2 aromatic carbocycles. The summed E-state index contributed by atoms with van der Waals surface area (Å²) < 4.78 is 0. The number of aryl methyl sites for hydroxylation is 1. The predicted octanol–water partition coefficient (Wildman–Crippen LogP) is 3.53. The Morgan fingerprint density at radius 2 is 1.68 bits per heavy atom. The Bertz CT molecular complexity index is 891. The van der Waals surface area contributed by atoms with Crippen molar-refractivity contribution >= 4 is 23.5 Å². The van der Waals surface area contributed by atoms with Gasteiger partial charge in [0.05, 0.1) is 12.6 Å². The zero-order chi connectivity index (χ0) is 19.5. The molecular weight excluding hydrogens is 354 g/mol. The van der Waals surface area contributed by atoms with Crippen LogP contribution in [0.5, 0.6) is 0 Å². The number of nitrogens with one attached hydrogen (secondary N) is 2. The van der Waals surface area contributed by atoms with Gasteiger partial charge in [-0.05, 0) is 48.1 Å². The number of carbonyl (C=O) groups is 3. The van der Waals surface area contributed by atoms with Gasteiger partial charge < -0.3 is 10.6 Å². The van der Waals surface area contributed by atoms with Crippen LogP contribution in [0, 0.1) is 0 Å². The minimum atomic E-state index is -0.237. The lowest BCUT2D eigenvalue weighted by Gasteiger charge is -2.26. The van der Waals surface area contributed by atoms with E-state index in [1.54, 1.807) is 12.1 Å². The molecule has 0 aromatic heterocycles. The normalized spacial score (nSPS) is 18.7. The topological polar surface area (TPSA) is 78.5 Å². The zero-order valence-corrected chi connectivity index (χ0v) is 15.6. The van der Waals surface area contributed by atoms with E-state index in [9.17, 15) is 14.4 Å². The molecule has 1 fully saturated rings. The van der Waals surface area contributed by atoms with Crippen LogP contribution in [-0.2, 0) is 22.6 Å². The number of benzene rings is 2. The van der Waals surface area contributed by atoms with Crippen LogP contribution in [0.3, 0.4) is 0 Å². The molecule has 6 heteroatoms. The molecule has 0 radical (unpaired) electrons. The Balaban J connectivity index is 1.35. The van der Waals surface area contributed by atoms with E-state index in [-0.39, 0.29) is 30.4 Å². The van der Waals surface area contributed by atoms with Gasteiger partial charge in [-0.15, -0.1) is 0 Å². The van der Waals surface area contributed by atoms with Gasteiger partial charge in [-0.3, -0.25) is 14.5 Å². The average Bonchev–Trinajstić information content (AvgIpc) is 3.02. The molecule has 1 aliphatic carbocycles. The van der Waals surface area contributed by atoms with E-state index < -0.39 is 0 Å². The maximum Gasteiger partial charge on any atom is 0.319 e. The van der Waals surface area contributed by atoms with Gasteiger partial charge in [0.25, 0.3) is 0 Å². The lowest BCUT2D eigenvalue weighted by molar-refractivity contribution is -0.139. The van der Waals surface area contributed by atoms with Crippen LogP contribution in [-0.4, -0.2) is 22.7 Å². The first-order valence-electron chi connectivity index (χ1n) is 9.67. The Hall–Kier alpha value is -3.15. The van der Waals surface area contributed by atoms with E-state index >= 15 is 0 Å². The third-order valence-electron chi connectivity index (χ3n) is 5.38. The second-order valence-corrected chi connectivity index (χ2v) is 7.31. The summed E-state index contributed by atoms with van der Waals surface area (Å²) in [5, 5.41) is 5.92. The van der Waals surface area contributed by atoms with E-state index in [2.05, 4.69) is 22.8 Å². The Labute approximate surface area is 163 Å². The van der Waals surface area contributed by atoms with E-state index in [0.717, 1.165) is 24.8 Å². The predicted molar refractivity (Wildman–Crippen MR) is 106 cm³/mol. The van der Waals surface area contributed by atoms with Crippen molar-refractivity contribution in [3.05, 3.63) is 65.2 Å². The third-order valence-corrected chi connectivity index (χ3v) is 5.38. The van der Waals surface area contributed by atoms with Crippen molar-refractivity contribution in [1.82, 2.24) is 10.2 Å². The Morgan fingerprint density at radius 3 is 2.43 bits per heavy atom. The lowest BCUT2D eigenvalue weighted by Crippen LogP contribution is -2.34. The zero-order valence-electron chi connectivity index (χ0n) is 15.6. The molecule has 4 amide bonds. The summed E-state index contributed by atoms with van der Waals surface area (Å²) in [5.41, 5.74) is 4.02. The molecule has 2 aromatic rings. The van der Waals surface area contributed by atoms with Gasteiger partial charge in [0, 0.05) is 18.5 Å². The van der Waals surface area contributed by atoms with E-state index in [1.807, 2.05) is 24.3 Å². The number of amides is 4. The minimum Gasteiger partial charge on any atom is -0.331 e. The van der Waals surface area contributed by atoms with Gasteiger partial charge in [-0.2, -0.15) is 0 Å². The number of carbonyl (C=O) groups excluding carboxylic acids is 3. The van der Waals surface area contributed by atoms with Crippen molar-refractivity contribution in [2.24, 2.45) is 0 Å². The molecule has 1 heterocycles. The second kappa shape index (κ2) is 7.84. The highest BCUT2D eigenvalue weighted by Gasteiger charge is 2.28. The van der Waals surface area contributed by atoms with Crippen LogP contribution >= 0.6 is 0 Å². The summed E-state index contributed by atoms with van der Waals surface area (Å²) in [7, 11) is 0. The molecule has 0 saturated carbocycles. The number of hydrogen-bond donors (Lipinski definition) is 2. The first-order valence-corrected chi connectivity index (χ1v) is 9.67. The number of rotatable bonds is 4. The first kappa shape index (κ1) is 18.2. The highest BCUT2D eigenvalue weighted by molar-refractivity contribution is 6.01. The Morgan fingerprint density at radius 1 is 0.964 bits per heavy atom. The van der Waals surface area contributed by atoms with Crippen LogP contribution in [0.4, 0.5) is 10.5 Å². The number of hydrogen-bond acceptors (Lipinski definition) is 3. The second-order valence-electron chi connectivity index (χ2n) is 7.31. The number of likely N-dealkylation sites (tertiary alicyclic amines) is 1. The molecule has 4 rings (SSSR count). The first-order chi connectivity index (χ1) is 13.6. The van der Waals surface area contributed by atoms with Gasteiger partial charge >= 0.3 is 6.03 Å². The molecule has 0 bridgehead atoms. The molecule has 1 aliphatic heterocycles. The van der Waals surface area contributed by atoms with Crippen LogP contribution in [0.1, 0.15) is 48.4 Å². The number of fused-ring (bicyclic) bond motifs is 1. The van der Waals surface area contributed by atoms with E-state index in [1.165, 1.54) is 16.0 Å². The van der Waals surface area contributed by atoms with Crippen molar-refractivity contribution < 1.29 is 14.4 Å². The summed E-state index contributed by atoms with van der Waals surface area (Å²) in [5.74, 6) is -0.251. The van der Waals surface area contributed by atoms with E-state index in [0.29, 0.717) is 18.5 Å². The fourth-order valence-corrected chi connectivity index (χ4v) is 3.90. The van der Waals surface area contributed by atoms with Crippen molar-refractivity contribution in [3.8, 4) is 0 Å². The van der Waals surface area contributed by atoms with Crippen molar-refractivity contribution in [2.75, 3.05) is 5.32 Å². The largest absolute Gasteiger partial charge is 0.331 e. The van der Waals surface area contributed by atoms with Crippen LogP contribution in [0.2, 0.25) is 0 Å². The molecule has 28 heavy (non-hydrogen) atoms. The summed E-state index contributed by atoms with van der Waals surface area (Å²) in [6.45, 7) is 0.281. The minimum absolute atomic E-state index is 0.0245. The molecule has 1 atom stereocenters. The fourth-order valence-electron chi connectivity index (χ4n) is 3.90. The number of anilines is 1. The van der Waals surface area contributed by atoms with Crippen LogP contribution in [0.25, 0.3) is 0 Å². The number of urea groups is 1. The van der Waals surface area contributed by atoms with Crippen LogP contribution in [0.15, 0.2) is 48.5 Å². The third kappa shape index (κ3) is 3.91. The Kier molecular flexibility index (Phi) is 5.10. The molecule has 2 aliphatic rings. The molecule has 6 nitrogen and oxygen atoms in total. The molecular formula is C22H23N3O3. The van der Waals surface area contributed by atoms with Crippen molar-refractivity contribution in [3.63, 3.8) is 0 Å². The molecule has 1 saturated heterocycles. The molecule has 144 valence electrons. The van der Waals surface area contributed by atoms with Crippen molar-refractivity contribution in [2.45, 2.75) is 44.7 Å². The number of nitrogens with zero attached hydrogens (tertiary/aromatic N) is 1. The average molecular weight is 377 g/mol. The standard InChI is InChI=1S/C22H23N3O3/c26-20-12-13-21(27)25(20)14-15-8-10-17(11-9-15)23-22(28)24-19-7-3-5-16-4-1-2-6-18(16)19/h1-2,4,6,8-11,19H,3,5,7,12-14H2,(H2,23,24,28)/t19-/m1/s1. The van der Waals surface area contributed by atoms with Gasteiger partial charge in [0.2, 0.25) is 11.8 Å². The summed E-state index contributed by atoms with van der Waals surface area (Å²) in [6, 6.07) is 15.2. The van der Waals surface area contributed by atoms with Gasteiger partial charge in [-0.25, -0.2) is 4.79 Å².